The summed E-state index contributed by atoms with van der Waals surface area (Å²) in [5.74, 6) is -4.06. The van der Waals surface area contributed by atoms with Gasteiger partial charge in [-0.2, -0.15) is 0 Å². The first-order chi connectivity index (χ1) is 14.3. The molecule has 2 heterocycles. The van der Waals surface area contributed by atoms with Crippen LogP contribution in [0.4, 0.5) is 0 Å². The van der Waals surface area contributed by atoms with Gasteiger partial charge in [-0.3, -0.25) is 9.59 Å². The lowest BCUT2D eigenvalue weighted by Crippen LogP contribution is -2.46. The Morgan fingerprint density at radius 1 is 1.00 bits per heavy atom. The van der Waals surface area contributed by atoms with Crippen LogP contribution in [-0.2, 0) is 33.4 Å². The zero-order valence-electron chi connectivity index (χ0n) is 18.2. The summed E-state index contributed by atoms with van der Waals surface area (Å²) in [4.78, 5) is 52.1. The van der Waals surface area contributed by atoms with E-state index >= 15 is 0 Å². The number of rotatable bonds is 6. The van der Waals surface area contributed by atoms with Gasteiger partial charge in [0, 0.05) is 24.0 Å². The molecule has 0 aromatic heterocycles. The molecular weight excluding hydrogens is 392 g/mol. The number of ether oxygens (including phenoxy) is 3. The summed E-state index contributed by atoms with van der Waals surface area (Å²) in [5, 5.41) is 2.90. The second-order valence-electron chi connectivity index (χ2n) is 7.37. The minimum atomic E-state index is -1.35. The van der Waals surface area contributed by atoms with Crippen molar-refractivity contribution < 1.29 is 33.4 Å². The van der Waals surface area contributed by atoms with Gasteiger partial charge in [0.2, 0.25) is 0 Å². The van der Waals surface area contributed by atoms with Crippen LogP contribution in [-0.4, -0.2) is 62.1 Å². The normalized spacial score (nSPS) is 19.9. The van der Waals surface area contributed by atoms with Gasteiger partial charge in [0.1, 0.15) is 5.92 Å². The molecule has 0 unspecified atom stereocenters. The maximum absolute atomic E-state index is 13.0. The molecule has 1 fully saturated rings. The summed E-state index contributed by atoms with van der Waals surface area (Å²) in [7, 11) is 2.36. The minimum Gasteiger partial charge on any atom is -0.466 e. The van der Waals surface area contributed by atoms with Gasteiger partial charge in [0.25, 0.3) is 5.91 Å². The third kappa shape index (κ3) is 4.83. The summed E-state index contributed by atoms with van der Waals surface area (Å²) < 4.78 is 14.9. The standard InChI is InChI=1S/C21H30N2O7/c1-6-14-9-7-8-10-23(14)15(24)11-30-21(27)18-16(19(25)28-4)12(2)22-13(3)17(18)20(26)29-5/h14,18,22H,6-11H2,1-5H3/t14-/m1/s1. The maximum Gasteiger partial charge on any atom is 0.336 e. The van der Waals surface area contributed by atoms with Crippen LogP contribution in [0.3, 0.4) is 0 Å². The monoisotopic (exact) mass is 422 g/mol. The second-order valence-corrected chi connectivity index (χ2v) is 7.37. The average Bonchev–Trinajstić information content (AvgIpc) is 2.75. The number of carbonyl (C=O) groups excluding carboxylic acids is 4. The lowest BCUT2D eigenvalue weighted by Gasteiger charge is -2.35. The van der Waals surface area contributed by atoms with Gasteiger partial charge < -0.3 is 24.4 Å². The Morgan fingerprint density at radius 3 is 2.07 bits per heavy atom. The third-order valence-corrected chi connectivity index (χ3v) is 5.56. The highest BCUT2D eigenvalue weighted by molar-refractivity contribution is 6.05. The number of nitrogens with one attached hydrogen (secondary N) is 1. The highest BCUT2D eigenvalue weighted by Gasteiger charge is 2.42. The molecule has 1 N–H and O–H groups in total. The van der Waals surface area contributed by atoms with E-state index in [1.807, 2.05) is 6.92 Å². The van der Waals surface area contributed by atoms with E-state index in [9.17, 15) is 19.2 Å². The largest absolute Gasteiger partial charge is 0.466 e. The van der Waals surface area contributed by atoms with Crippen molar-refractivity contribution in [2.24, 2.45) is 5.92 Å². The molecule has 0 aromatic carbocycles. The van der Waals surface area contributed by atoms with Gasteiger partial charge >= 0.3 is 17.9 Å². The predicted molar refractivity (Wildman–Crippen MR) is 107 cm³/mol. The average molecular weight is 422 g/mol. The Hall–Kier alpha value is -2.84. The first-order valence-corrected chi connectivity index (χ1v) is 10.1. The fraction of sp³-hybridized carbons (Fsp3) is 0.619. The topological polar surface area (TPSA) is 111 Å². The molecule has 0 radical (unpaired) electrons. The van der Waals surface area contributed by atoms with Crippen molar-refractivity contribution >= 4 is 23.8 Å². The zero-order chi connectivity index (χ0) is 22.4. The van der Waals surface area contributed by atoms with Crippen LogP contribution in [0, 0.1) is 5.92 Å². The molecule has 9 nitrogen and oxygen atoms in total. The molecule has 1 amide bonds. The Bertz CT molecular complexity index is 746. The second kappa shape index (κ2) is 10.3. The van der Waals surface area contributed by atoms with E-state index < -0.39 is 30.4 Å². The summed E-state index contributed by atoms with van der Waals surface area (Å²) in [6, 6.07) is 0.129. The summed E-state index contributed by atoms with van der Waals surface area (Å²) in [6.45, 7) is 5.37. The SMILES string of the molecule is CC[C@@H]1CCCCN1C(=O)COC(=O)C1C(C(=O)OC)=C(C)NC(C)=C1C(=O)OC. The van der Waals surface area contributed by atoms with Crippen molar-refractivity contribution in [1.29, 1.82) is 0 Å². The molecule has 166 valence electrons. The number of methoxy groups -OCH3 is 2. The highest BCUT2D eigenvalue weighted by atomic mass is 16.5. The van der Waals surface area contributed by atoms with E-state index in [1.54, 1.807) is 18.7 Å². The van der Waals surface area contributed by atoms with Crippen LogP contribution in [0.1, 0.15) is 46.5 Å². The van der Waals surface area contributed by atoms with Crippen molar-refractivity contribution in [2.75, 3.05) is 27.4 Å². The number of amides is 1. The number of esters is 3. The molecule has 0 bridgehead atoms. The third-order valence-electron chi connectivity index (χ3n) is 5.56. The fourth-order valence-corrected chi connectivity index (χ4v) is 4.04. The van der Waals surface area contributed by atoms with Crippen molar-refractivity contribution in [2.45, 2.75) is 52.5 Å². The smallest absolute Gasteiger partial charge is 0.336 e. The molecule has 9 heteroatoms. The summed E-state index contributed by atoms with van der Waals surface area (Å²) >= 11 is 0. The van der Waals surface area contributed by atoms with Gasteiger partial charge in [0.05, 0.1) is 25.4 Å². The molecule has 2 rings (SSSR count). The van der Waals surface area contributed by atoms with Gasteiger partial charge in [-0.05, 0) is 39.5 Å². The van der Waals surface area contributed by atoms with Crippen molar-refractivity contribution in [1.82, 2.24) is 10.2 Å². The number of hydrogen-bond donors (Lipinski definition) is 1. The van der Waals surface area contributed by atoms with Crippen LogP contribution < -0.4 is 5.32 Å². The summed E-state index contributed by atoms with van der Waals surface area (Å²) in [5.41, 5.74) is 0.625. The Labute approximate surface area is 176 Å². The number of dihydropyridines is 1. The highest BCUT2D eigenvalue weighted by Crippen LogP contribution is 2.32. The van der Waals surface area contributed by atoms with Crippen LogP contribution >= 0.6 is 0 Å². The Kier molecular flexibility index (Phi) is 8.02. The molecule has 2 aliphatic heterocycles. The van der Waals surface area contributed by atoms with Crippen molar-refractivity contribution in [3.63, 3.8) is 0 Å². The molecule has 1 saturated heterocycles. The van der Waals surface area contributed by atoms with E-state index in [1.165, 1.54) is 14.2 Å². The number of carbonyl (C=O) groups is 4. The van der Waals surface area contributed by atoms with Crippen LogP contribution in [0.15, 0.2) is 22.5 Å². The van der Waals surface area contributed by atoms with Gasteiger partial charge in [-0.15, -0.1) is 0 Å². The van der Waals surface area contributed by atoms with E-state index in [-0.39, 0.29) is 23.1 Å². The molecule has 0 spiro atoms. The van der Waals surface area contributed by atoms with Gasteiger partial charge in [-0.1, -0.05) is 6.92 Å². The summed E-state index contributed by atoms with van der Waals surface area (Å²) in [6.07, 6.45) is 3.73. The number of allylic oxidation sites excluding steroid dienone is 2. The quantitative estimate of drug-likeness (QED) is 0.506. The van der Waals surface area contributed by atoms with Crippen LogP contribution in [0.5, 0.6) is 0 Å². The molecule has 0 saturated carbocycles. The van der Waals surface area contributed by atoms with Crippen LogP contribution in [0.25, 0.3) is 0 Å². The van der Waals surface area contributed by atoms with E-state index in [0.717, 1.165) is 25.7 Å². The predicted octanol–water partition coefficient (Wildman–Crippen LogP) is 1.43. The molecule has 0 aromatic rings. The lowest BCUT2D eigenvalue weighted by molar-refractivity contribution is -0.157. The van der Waals surface area contributed by atoms with Gasteiger partial charge in [-0.25, -0.2) is 9.59 Å². The molecule has 30 heavy (non-hydrogen) atoms. The molecule has 2 aliphatic rings. The maximum atomic E-state index is 13.0. The number of hydrogen-bond acceptors (Lipinski definition) is 8. The lowest BCUT2D eigenvalue weighted by atomic mass is 9.85. The van der Waals surface area contributed by atoms with Crippen molar-refractivity contribution in [3.8, 4) is 0 Å². The van der Waals surface area contributed by atoms with Gasteiger partial charge in [0.15, 0.2) is 6.61 Å². The van der Waals surface area contributed by atoms with E-state index in [2.05, 4.69) is 5.32 Å². The fourth-order valence-electron chi connectivity index (χ4n) is 4.04. The Morgan fingerprint density at radius 2 is 1.57 bits per heavy atom. The molecule has 1 atom stereocenters. The first-order valence-electron chi connectivity index (χ1n) is 10.1. The first kappa shape index (κ1) is 23.4. The van der Waals surface area contributed by atoms with Crippen LogP contribution in [0.2, 0.25) is 0 Å². The molecule has 0 aliphatic carbocycles. The minimum absolute atomic E-state index is 0.0506. The number of piperidine rings is 1. The number of nitrogens with zero attached hydrogens (tertiary/aromatic N) is 1. The zero-order valence-corrected chi connectivity index (χ0v) is 18.2. The van der Waals surface area contributed by atoms with E-state index in [0.29, 0.717) is 17.9 Å². The molecular formula is C21H30N2O7. The number of likely N-dealkylation sites (tertiary alicyclic amines) is 1. The Balaban J connectivity index is 2.25. The van der Waals surface area contributed by atoms with Crippen molar-refractivity contribution in [3.05, 3.63) is 22.5 Å². The van der Waals surface area contributed by atoms with E-state index in [4.69, 9.17) is 14.2 Å².